The van der Waals surface area contributed by atoms with Gasteiger partial charge in [0.05, 0.1) is 19.8 Å². The summed E-state index contributed by atoms with van der Waals surface area (Å²) in [5.41, 5.74) is 1.64. The zero-order valence-electron chi connectivity index (χ0n) is 18.0. The first-order chi connectivity index (χ1) is 15.0. The molecule has 1 aliphatic heterocycles. The molecule has 9 heteroatoms. The van der Waals surface area contributed by atoms with Gasteiger partial charge in [0.15, 0.2) is 0 Å². The fourth-order valence-electron chi connectivity index (χ4n) is 3.29. The van der Waals surface area contributed by atoms with Gasteiger partial charge in [-0.3, -0.25) is 14.4 Å². The molecule has 0 unspecified atom stereocenters. The lowest BCUT2D eigenvalue weighted by Crippen LogP contribution is -2.37. The van der Waals surface area contributed by atoms with Crippen molar-refractivity contribution in [2.75, 3.05) is 50.1 Å². The number of carbonyl (C=O) groups excluding carboxylic acids is 2. The molecule has 1 fully saturated rings. The van der Waals surface area contributed by atoms with Gasteiger partial charge in [-0.1, -0.05) is 13.3 Å². The van der Waals surface area contributed by atoms with Crippen LogP contribution >= 0.6 is 0 Å². The molecule has 1 aromatic heterocycles. The van der Waals surface area contributed by atoms with Crippen molar-refractivity contribution in [2.45, 2.75) is 26.3 Å². The van der Waals surface area contributed by atoms with Crippen LogP contribution in [0.15, 0.2) is 41.2 Å². The molecule has 2 amide bonds. The normalized spacial score (nSPS) is 13.7. The van der Waals surface area contributed by atoms with Gasteiger partial charge in [0, 0.05) is 44.1 Å². The maximum Gasteiger partial charge on any atom is 0.274 e. The van der Waals surface area contributed by atoms with Crippen LogP contribution in [0.1, 0.15) is 30.3 Å². The minimum atomic E-state index is -0.414. The molecular formula is C22H29N5O4. The van der Waals surface area contributed by atoms with Crippen LogP contribution < -0.4 is 15.8 Å². The van der Waals surface area contributed by atoms with Gasteiger partial charge in [-0.2, -0.15) is 5.10 Å². The van der Waals surface area contributed by atoms with Crippen LogP contribution in [0.2, 0.25) is 0 Å². The predicted octanol–water partition coefficient (Wildman–Crippen LogP) is 1.59. The molecule has 1 N–H and O–H groups in total. The molecule has 166 valence electrons. The van der Waals surface area contributed by atoms with E-state index in [9.17, 15) is 14.4 Å². The minimum absolute atomic E-state index is 0.125. The number of likely N-dealkylation sites (N-methyl/N-ethyl adjacent to an activating group) is 1. The first-order valence-corrected chi connectivity index (χ1v) is 10.5. The van der Waals surface area contributed by atoms with E-state index in [0.29, 0.717) is 25.4 Å². The molecule has 9 nitrogen and oxygen atoms in total. The summed E-state index contributed by atoms with van der Waals surface area (Å²) in [7, 11) is 1.53. The van der Waals surface area contributed by atoms with Gasteiger partial charge < -0.3 is 19.9 Å². The van der Waals surface area contributed by atoms with E-state index in [-0.39, 0.29) is 23.7 Å². The topological polar surface area (TPSA) is 96.8 Å². The zero-order chi connectivity index (χ0) is 22.2. The highest BCUT2D eigenvalue weighted by molar-refractivity contribution is 5.98. The Labute approximate surface area is 181 Å². The van der Waals surface area contributed by atoms with Crippen molar-refractivity contribution in [3.8, 4) is 0 Å². The summed E-state index contributed by atoms with van der Waals surface area (Å²) in [5, 5.41) is 6.95. The highest BCUT2D eigenvalue weighted by Gasteiger charge is 2.18. The molecule has 0 spiro atoms. The van der Waals surface area contributed by atoms with Gasteiger partial charge in [-0.15, -0.1) is 0 Å². The number of aryl methyl sites for hydroxylation is 1. The molecule has 1 aliphatic rings. The van der Waals surface area contributed by atoms with Crippen LogP contribution in [-0.2, 0) is 16.1 Å². The number of unbranched alkanes of at least 4 members (excludes halogenated alkanes) is 1. The minimum Gasteiger partial charge on any atom is -0.378 e. The Morgan fingerprint density at radius 1 is 1.13 bits per heavy atom. The maximum absolute atomic E-state index is 12.6. The molecule has 0 aliphatic carbocycles. The Morgan fingerprint density at radius 3 is 2.52 bits per heavy atom. The van der Waals surface area contributed by atoms with Crippen LogP contribution in [0.4, 0.5) is 11.4 Å². The second-order valence-electron chi connectivity index (χ2n) is 7.49. The molecule has 0 radical (unpaired) electrons. The molecule has 0 bridgehead atoms. The number of rotatable bonds is 8. The van der Waals surface area contributed by atoms with E-state index in [1.54, 1.807) is 0 Å². The Kier molecular flexibility index (Phi) is 7.77. The number of nitrogens with one attached hydrogen (secondary N) is 1. The van der Waals surface area contributed by atoms with Crippen LogP contribution in [0.5, 0.6) is 0 Å². The van der Waals surface area contributed by atoms with Crippen molar-refractivity contribution < 1.29 is 14.3 Å². The van der Waals surface area contributed by atoms with Crippen molar-refractivity contribution in [1.82, 2.24) is 14.7 Å². The summed E-state index contributed by atoms with van der Waals surface area (Å²) in [6, 6.07) is 10.3. The Bertz CT molecular complexity index is 951. The van der Waals surface area contributed by atoms with Gasteiger partial charge in [0.25, 0.3) is 11.5 Å². The highest BCUT2D eigenvalue weighted by Crippen LogP contribution is 2.19. The van der Waals surface area contributed by atoms with Crippen molar-refractivity contribution >= 4 is 23.2 Å². The van der Waals surface area contributed by atoms with Crippen LogP contribution in [0.3, 0.4) is 0 Å². The standard InChI is InChI=1S/C22H29N5O4/c1-3-4-11-27-21(29)10-9-19(24-27)22(30)25(2)16-20(28)23-17-5-7-18(8-6-17)26-12-14-31-15-13-26/h5-10H,3-4,11-16H2,1-2H3,(H,23,28). The molecule has 1 aromatic carbocycles. The third-order valence-electron chi connectivity index (χ3n) is 5.06. The van der Waals surface area contributed by atoms with Crippen LogP contribution in [0.25, 0.3) is 0 Å². The van der Waals surface area contributed by atoms with Crippen LogP contribution in [-0.4, -0.2) is 66.4 Å². The SMILES string of the molecule is CCCCn1nc(C(=O)N(C)CC(=O)Nc2ccc(N3CCOCC3)cc2)ccc1=O. The number of hydrogen-bond acceptors (Lipinski definition) is 6. The van der Waals surface area contributed by atoms with E-state index >= 15 is 0 Å². The molecule has 2 aromatic rings. The van der Waals surface area contributed by atoms with E-state index < -0.39 is 5.91 Å². The molecule has 0 atom stereocenters. The average Bonchev–Trinajstić information content (AvgIpc) is 2.79. The second-order valence-corrected chi connectivity index (χ2v) is 7.49. The van der Waals surface area contributed by atoms with Gasteiger partial charge >= 0.3 is 0 Å². The summed E-state index contributed by atoms with van der Waals surface area (Å²) in [4.78, 5) is 40.4. The number of anilines is 2. The number of aromatic nitrogens is 2. The third-order valence-corrected chi connectivity index (χ3v) is 5.06. The third kappa shape index (κ3) is 6.14. The van der Waals surface area contributed by atoms with Crippen molar-refractivity contribution in [2.24, 2.45) is 0 Å². The molecule has 31 heavy (non-hydrogen) atoms. The monoisotopic (exact) mass is 427 g/mol. The molecule has 3 rings (SSSR count). The molecular weight excluding hydrogens is 398 g/mol. The number of ether oxygens (including phenoxy) is 1. The number of hydrogen-bond donors (Lipinski definition) is 1. The maximum atomic E-state index is 12.6. The highest BCUT2D eigenvalue weighted by atomic mass is 16.5. The van der Waals surface area contributed by atoms with Crippen molar-refractivity contribution in [1.29, 1.82) is 0 Å². The average molecular weight is 428 g/mol. The lowest BCUT2D eigenvalue weighted by atomic mass is 10.2. The summed E-state index contributed by atoms with van der Waals surface area (Å²) < 4.78 is 6.66. The number of nitrogens with zero attached hydrogens (tertiary/aromatic N) is 4. The van der Waals surface area contributed by atoms with Crippen LogP contribution in [0, 0.1) is 0 Å². The summed E-state index contributed by atoms with van der Waals surface area (Å²) in [6.07, 6.45) is 1.72. The summed E-state index contributed by atoms with van der Waals surface area (Å²) in [5.74, 6) is -0.725. The number of carbonyl (C=O) groups is 2. The lowest BCUT2D eigenvalue weighted by molar-refractivity contribution is -0.116. The Balaban J connectivity index is 1.56. The van der Waals surface area contributed by atoms with E-state index in [2.05, 4.69) is 15.3 Å². The van der Waals surface area contributed by atoms with Crippen molar-refractivity contribution in [3.63, 3.8) is 0 Å². The first-order valence-electron chi connectivity index (χ1n) is 10.5. The van der Waals surface area contributed by atoms with E-state index in [1.165, 1.54) is 28.8 Å². The lowest BCUT2D eigenvalue weighted by Gasteiger charge is -2.28. The van der Waals surface area contributed by atoms with E-state index in [0.717, 1.165) is 31.6 Å². The fourth-order valence-corrected chi connectivity index (χ4v) is 3.29. The fraction of sp³-hybridized carbons (Fsp3) is 0.455. The quantitative estimate of drug-likeness (QED) is 0.687. The second kappa shape index (κ2) is 10.7. The summed E-state index contributed by atoms with van der Waals surface area (Å²) >= 11 is 0. The Hall–Kier alpha value is -3.20. The van der Waals surface area contributed by atoms with E-state index in [4.69, 9.17) is 4.74 Å². The smallest absolute Gasteiger partial charge is 0.274 e. The summed E-state index contributed by atoms with van der Waals surface area (Å²) in [6.45, 7) is 5.47. The molecule has 1 saturated heterocycles. The zero-order valence-corrected chi connectivity index (χ0v) is 18.0. The number of benzene rings is 1. The van der Waals surface area contributed by atoms with Crippen molar-refractivity contribution in [3.05, 3.63) is 52.4 Å². The molecule has 2 heterocycles. The Morgan fingerprint density at radius 2 is 1.84 bits per heavy atom. The number of morpholine rings is 1. The van der Waals surface area contributed by atoms with E-state index in [1.807, 2.05) is 31.2 Å². The predicted molar refractivity (Wildman–Crippen MR) is 118 cm³/mol. The first kappa shape index (κ1) is 22.5. The van der Waals surface area contributed by atoms with Gasteiger partial charge in [0.2, 0.25) is 5.91 Å². The molecule has 0 saturated carbocycles. The van der Waals surface area contributed by atoms with Gasteiger partial charge in [-0.25, -0.2) is 4.68 Å². The number of amides is 2. The largest absolute Gasteiger partial charge is 0.378 e. The van der Waals surface area contributed by atoms with Gasteiger partial charge in [-0.05, 0) is 36.8 Å². The van der Waals surface area contributed by atoms with Gasteiger partial charge in [0.1, 0.15) is 5.69 Å².